The Kier molecular flexibility index (Phi) is 4.31. The van der Waals surface area contributed by atoms with E-state index >= 15 is 0 Å². The van der Waals surface area contributed by atoms with E-state index in [-0.39, 0.29) is 5.91 Å². The topological polar surface area (TPSA) is 55.1 Å². The van der Waals surface area contributed by atoms with Gasteiger partial charge in [-0.2, -0.15) is 0 Å². The van der Waals surface area contributed by atoms with Gasteiger partial charge in [0.2, 0.25) is 5.91 Å². The zero-order valence-electron chi connectivity index (χ0n) is 9.29. The summed E-state index contributed by atoms with van der Waals surface area (Å²) < 4.78 is 0. The number of carbonyl (C=O) groups is 1. The molecule has 1 aromatic rings. The fourth-order valence-corrected chi connectivity index (χ4v) is 1.21. The van der Waals surface area contributed by atoms with Crippen LogP contribution in [0.3, 0.4) is 0 Å². The first-order valence-corrected chi connectivity index (χ1v) is 5.22. The third kappa shape index (κ3) is 3.72. The molecule has 1 aromatic carbocycles. The van der Waals surface area contributed by atoms with Gasteiger partial charge in [-0.25, -0.2) is 0 Å². The smallest absolute Gasteiger partial charge is 0.237 e. The van der Waals surface area contributed by atoms with Gasteiger partial charge < -0.3 is 11.1 Å². The van der Waals surface area contributed by atoms with E-state index in [1.165, 1.54) is 5.56 Å². The van der Waals surface area contributed by atoms with Crippen LogP contribution < -0.4 is 11.1 Å². The largest absolute Gasteiger partial charge is 0.351 e. The fourth-order valence-electron chi connectivity index (χ4n) is 1.21. The average Bonchev–Trinajstić information content (AvgIpc) is 2.26. The Balaban J connectivity index is 2.43. The summed E-state index contributed by atoms with van der Waals surface area (Å²) in [5.74, 6) is -0.0851. The number of amides is 1. The Morgan fingerprint density at radius 2 is 2.00 bits per heavy atom. The minimum absolute atomic E-state index is 0.0851. The highest BCUT2D eigenvalue weighted by molar-refractivity contribution is 5.81. The summed E-state index contributed by atoms with van der Waals surface area (Å²) in [4.78, 5) is 11.4. The normalized spacial score (nSPS) is 12.2. The summed E-state index contributed by atoms with van der Waals surface area (Å²) in [6.45, 7) is 4.48. The molecule has 0 bridgehead atoms. The average molecular weight is 206 g/mol. The molecule has 15 heavy (non-hydrogen) atoms. The van der Waals surface area contributed by atoms with Crippen LogP contribution in [0.1, 0.15) is 24.5 Å². The fraction of sp³-hybridized carbons (Fsp3) is 0.417. The molecule has 0 radical (unpaired) electrons. The zero-order chi connectivity index (χ0) is 11.3. The first-order chi connectivity index (χ1) is 7.13. The van der Waals surface area contributed by atoms with Gasteiger partial charge in [0, 0.05) is 6.54 Å². The van der Waals surface area contributed by atoms with Crippen LogP contribution in [0.15, 0.2) is 24.3 Å². The lowest BCUT2D eigenvalue weighted by Crippen LogP contribution is -2.39. The Morgan fingerprint density at radius 3 is 2.53 bits per heavy atom. The van der Waals surface area contributed by atoms with Crippen LogP contribution in [0.2, 0.25) is 0 Å². The van der Waals surface area contributed by atoms with Gasteiger partial charge in [-0.05, 0) is 18.9 Å². The van der Waals surface area contributed by atoms with Crippen molar-refractivity contribution in [1.29, 1.82) is 0 Å². The van der Waals surface area contributed by atoms with E-state index in [2.05, 4.69) is 5.32 Å². The van der Waals surface area contributed by atoms with Crippen molar-refractivity contribution in [1.82, 2.24) is 5.32 Å². The van der Waals surface area contributed by atoms with Crippen LogP contribution >= 0.6 is 0 Å². The molecule has 82 valence electrons. The Morgan fingerprint density at radius 1 is 1.40 bits per heavy atom. The van der Waals surface area contributed by atoms with Crippen molar-refractivity contribution in [2.45, 2.75) is 32.9 Å². The third-order valence-electron chi connectivity index (χ3n) is 2.36. The third-order valence-corrected chi connectivity index (χ3v) is 2.36. The summed E-state index contributed by atoms with van der Waals surface area (Å²) in [6.07, 6.45) is 0.666. The monoisotopic (exact) mass is 206 g/mol. The van der Waals surface area contributed by atoms with Crippen molar-refractivity contribution in [2.75, 3.05) is 0 Å². The predicted octanol–water partition coefficient (Wildman–Crippen LogP) is 1.35. The van der Waals surface area contributed by atoms with Crippen LogP contribution in [0.5, 0.6) is 0 Å². The standard InChI is InChI=1S/C12H18N2O/c1-3-11(13)12(15)14-8-10-6-4-9(2)5-7-10/h4-7,11H,3,8,13H2,1-2H3,(H,14,15). The first-order valence-electron chi connectivity index (χ1n) is 5.22. The summed E-state index contributed by atoms with van der Waals surface area (Å²) in [7, 11) is 0. The first kappa shape index (κ1) is 11.7. The number of benzene rings is 1. The number of nitrogens with two attached hydrogens (primary N) is 1. The molecule has 3 nitrogen and oxygen atoms in total. The maximum Gasteiger partial charge on any atom is 0.237 e. The van der Waals surface area contributed by atoms with Crippen molar-refractivity contribution in [3.8, 4) is 0 Å². The van der Waals surface area contributed by atoms with Crippen molar-refractivity contribution < 1.29 is 4.79 Å². The highest BCUT2D eigenvalue weighted by atomic mass is 16.2. The van der Waals surface area contributed by atoms with Crippen molar-refractivity contribution in [3.63, 3.8) is 0 Å². The Labute approximate surface area is 90.7 Å². The van der Waals surface area contributed by atoms with Gasteiger partial charge in [0.05, 0.1) is 6.04 Å². The molecule has 0 saturated heterocycles. The van der Waals surface area contributed by atoms with E-state index in [0.29, 0.717) is 13.0 Å². The molecule has 1 unspecified atom stereocenters. The lowest BCUT2D eigenvalue weighted by molar-refractivity contribution is -0.122. The number of hydrogen-bond donors (Lipinski definition) is 2. The lowest BCUT2D eigenvalue weighted by Gasteiger charge is -2.09. The highest BCUT2D eigenvalue weighted by Gasteiger charge is 2.09. The molecule has 0 heterocycles. The van der Waals surface area contributed by atoms with Gasteiger partial charge in [-0.1, -0.05) is 36.8 Å². The quantitative estimate of drug-likeness (QED) is 0.781. The number of aryl methyl sites for hydroxylation is 1. The summed E-state index contributed by atoms with van der Waals surface area (Å²) in [5, 5.41) is 2.81. The van der Waals surface area contributed by atoms with Crippen LogP contribution in [0.25, 0.3) is 0 Å². The van der Waals surface area contributed by atoms with E-state index in [4.69, 9.17) is 5.73 Å². The number of hydrogen-bond acceptors (Lipinski definition) is 2. The number of rotatable bonds is 4. The van der Waals surface area contributed by atoms with Gasteiger partial charge in [0.1, 0.15) is 0 Å². The second-order valence-electron chi connectivity index (χ2n) is 3.72. The summed E-state index contributed by atoms with van der Waals surface area (Å²) >= 11 is 0. The zero-order valence-corrected chi connectivity index (χ0v) is 9.29. The molecular weight excluding hydrogens is 188 g/mol. The molecular formula is C12H18N2O. The lowest BCUT2D eigenvalue weighted by atomic mass is 10.1. The van der Waals surface area contributed by atoms with Crippen molar-refractivity contribution in [2.24, 2.45) is 5.73 Å². The molecule has 3 N–H and O–H groups in total. The molecule has 1 amide bonds. The van der Waals surface area contributed by atoms with Crippen LogP contribution in [-0.4, -0.2) is 11.9 Å². The van der Waals surface area contributed by atoms with Crippen LogP contribution in [-0.2, 0) is 11.3 Å². The van der Waals surface area contributed by atoms with Gasteiger partial charge in [-0.15, -0.1) is 0 Å². The Hall–Kier alpha value is -1.35. The van der Waals surface area contributed by atoms with E-state index in [1.807, 2.05) is 38.1 Å². The predicted molar refractivity (Wildman–Crippen MR) is 61.3 cm³/mol. The van der Waals surface area contributed by atoms with E-state index in [1.54, 1.807) is 0 Å². The van der Waals surface area contributed by atoms with Gasteiger partial charge in [-0.3, -0.25) is 4.79 Å². The molecule has 0 aliphatic heterocycles. The van der Waals surface area contributed by atoms with Crippen LogP contribution in [0.4, 0.5) is 0 Å². The van der Waals surface area contributed by atoms with E-state index < -0.39 is 6.04 Å². The van der Waals surface area contributed by atoms with Gasteiger partial charge in [0.15, 0.2) is 0 Å². The minimum atomic E-state index is -0.393. The summed E-state index contributed by atoms with van der Waals surface area (Å²) in [6, 6.07) is 7.68. The van der Waals surface area contributed by atoms with E-state index in [9.17, 15) is 4.79 Å². The number of nitrogens with one attached hydrogen (secondary N) is 1. The molecule has 0 aliphatic carbocycles. The molecule has 0 aliphatic rings. The molecule has 0 saturated carbocycles. The number of carbonyl (C=O) groups excluding carboxylic acids is 1. The second-order valence-corrected chi connectivity index (χ2v) is 3.72. The highest BCUT2D eigenvalue weighted by Crippen LogP contribution is 2.02. The van der Waals surface area contributed by atoms with Gasteiger partial charge in [0.25, 0.3) is 0 Å². The maximum atomic E-state index is 11.4. The van der Waals surface area contributed by atoms with Crippen molar-refractivity contribution >= 4 is 5.91 Å². The van der Waals surface area contributed by atoms with Crippen molar-refractivity contribution in [3.05, 3.63) is 35.4 Å². The molecule has 3 heteroatoms. The SMILES string of the molecule is CCC(N)C(=O)NCc1ccc(C)cc1. The molecule has 1 atom stereocenters. The second kappa shape index (κ2) is 5.51. The maximum absolute atomic E-state index is 11.4. The summed E-state index contributed by atoms with van der Waals surface area (Å²) in [5.41, 5.74) is 7.91. The Bertz CT molecular complexity index is 319. The van der Waals surface area contributed by atoms with Crippen LogP contribution in [0, 0.1) is 6.92 Å². The molecule has 0 spiro atoms. The minimum Gasteiger partial charge on any atom is -0.351 e. The molecule has 0 fully saturated rings. The molecule has 0 aromatic heterocycles. The van der Waals surface area contributed by atoms with Gasteiger partial charge >= 0.3 is 0 Å². The molecule has 1 rings (SSSR count). The van der Waals surface area contributed by atoms with E-state index in [0.717, 1.165) is 5.56 Å².